The van der Waals surface area contributed by atoms with Crippen LogP contribution in [0.3, 0.4) is 0 Å². The second-order valence-corrected chi connectivity index (χ2v) is 16.4. The molecule has 5 saturated carbocycles. The number of carbonyl (C=O) groups excluding carboxylic acids is 2. The molecule has 5 aliphatic carbocycles. The minimum Gasteiger partial charge on any atom is -0.482 e. The number of methoxy groups -OCH3 is 1. The fourth-order valence-corrected chi connectivity index (χ4v) is 9.84. The fraction of sp³-hybridized carbons (Fsp3) is 0.590. The van der Waals surface area contributed by atoms with Gasteiger partial charge in [-0.1, -0.05) is 0 Å². The van der Waals surface area contributed by atoms with E-state index in [0.29, 0.717) is 47.8 Å². The Bertz CT molecular complexity index is 2060. The Balaban J connectivity index is 1.03. The third-order valence-electron chi connectivity index (χ3n) is 13.3. The van der Waals surface area contributed by atoms with Crippen molar-refractivity contribution in [2.24, 2.45) is 28.9 Å². The zero-order valence-electron chi connectivity index (χ0n) is 28.9. The zero-order valence-corrected chi connectivity index (χ0v) is 28.9. The molecular weight excluding hydrogens is 633 g/mol. The molecule has 10 nitrogen and oxygen atoms in total. The van der Waals surface area contributed by atoms with Gasteiger partial charge in [0.25, 0.3) is 5.91 Å². The van der Waals surface area contributed by atoms with Crippen molar-refractivity contribution in [3.05, 3.63) is 47.3 Å². The van der Waals surface area contributed by atoms with Gasteiger partial charge in [-0.25, -0.2) is 14.4 Å². The number of hydrogen-bond donors (Lipinski definition) is 2. The van der Waals surface area contributed by atoms with E-state index in [0.717, 1.165) is 85.3 Å². The number of nitrogens with two attached hydrogens (primary N) is 1. The van der Waals surface area contributed by atoms with E-state index in [1.807, 2.05) is 30.0 Å². The van der Waals surface area contributed by atoms with Gasteiger partial charge in [0.15, 0.2) is 5.88 Å². The maximum Gasteiger partial charge on any atom is 0.254 e. The van der Waals surface area contributed by atoms with Crippen molar-refractivity contribution in [2.75, 3.05) is 13.7 Å². The molecule has 4 aromatic rings. The summed E-state index contributed by atoms with van der Waals surface area (Å²) < 4.78 is 24.5. The first-order chi connectivity index (χ1) is 24.2. The number of aromatic nitrogens is 4. The van der Waals surface area contributed by atoms with Crippen LogP contribution in [0.5, 0.6) is 5.88 Å². The number of alkyl halides is 1. The molecule has 4 aromatic heterocycles. The molecule has 2 amide bonds. The molecule has 11 heteroatoms. The summed E-state index contributed by atoms with van der Waals surface area (Å²) in [7, 11) is 1.67. The highest BCUT2D eigenvalue weighted by molar-refractivity contribution is 5.96. The van der Waals surface area contributed by atoms with Gasteiger partial charge in [0.1, 0.15) is 23.2 Å². The van der Waals surface area contributed by atoms with Gasteiger partial charge in [0, 0.05) is 54.0 Å². The summed E-state index contributed by atoms with van der Waals surface area (Å²) in [6, 6.07) is 10.1. The van der Waals surface area contributed by atoms with Crippen LogP contribution >= 0.6 is 0 Å². The number of piperidine rings is 1. The van der Waals surface area contributed by atoms with Crippen LogP contribution in [-0.2, 0) is 11.3 Å². The van der Waals surface area contributed by atoms with Gasteiger partial charge < -0.3 is 25.3 Å². The molecule has 1 aliphatic heterocycles. The van der Waals surface area contributed by atoms with Gasteiger partial charge in [-0.15, -0.1) is 0 Å². The number of imidazole rings is 1. The van der Waals surface area contributed by atoms with Crippen molar-refractivity contribution in [2.45, 2.75) is 108 Å². The van der Waals surface area contributed by atoms with Crippen molar-refractivity contribution in [1.82, 2.24) is 29.2 Å². The average molecular weight is 680 g/mol. The van der Waals surface area contributed by atoms with Crippen LogP contribution in [-0.4, -0.2) is 67.6 Å². The van der Waals surface area contributed by atoms with E-state index in [1.54, 1.807) is 7.11 Å². The molecule has 6 aliphatic rings. The van der Waals surface area contributed by atoms with Crippen molar-refractivity contribution >= 4 is 28.5 Å². The lowest BCUT2D eigenvalue weighted by Crippen LogP contribution is -2.64. The SMILES string of the molecule is COc1cc(C(=O)N2C[C@H](N)[C@H]3CC[C@@H]2C3)cc2nc(-c3cc4ccc([C@@H](C)NC(=O)C56CCC5C(F)C6)nc4n3CC3CC3)c(C3CC3)n12. The second-order valence-electron chi connectivity index (χ2n) is 16.4. The van der Waals surface area contributed by atoms with Gasteiger partial charge in [-0.2, -0.15) is 0 Å². The Morgan fingerprint density at radius 3 is 2.64 bits per heavy atom. The summed E-state index contributed by atoms with van der Waals surface area (Å²) in [5, 5.41) is 4.21. The number of fused-ring (bicyclic) bond motifs is 5. The number of nitrogens with zero attached hydrogens (tertiary/aromatic N) is 5. The van der Waals surface area contributed by atoms with Crippen LogP contribution in [0.15, 0.2) is 30.3 Å². The van der Waals surface area contributed by atoms with Crippen LogP contribution in [0.2, 0.25) is 0 Å². The molecule has 0 radical (unpaired) electrons. The minimum atomic E-state index is -0.848. The van der Waals surface area contributed by atoms with Crippen molar-refractivity contribution < 1.29 is 18.7 Å². The predicted molar refractivity (Wildman–Crippen MR) is 187 cm³/mol. The fourth-order valence-electron chi connectivity index (χ4n) is 9.84. The van der Waals surface area contributed by atoms with E-state index < -0.39 is 11.6 Å². The number of nitrogens with one attached hydrogen (secondary N) is 1. The van der Waals surface area contributed by atoms with E-state index in [4.69, 9.17) is 20.4 Å². The van der Waals surface area contributed by atoms with Crippen LogP contribution in [0.1, 0.15) is 105 Å². The predicted octanol–water partition coefficient (Wildman–Crippen LogP) is 5.91. The van der Waals surface area contributed by atoms with Gasteiger partial charge in [0.05, 0.1) is 35.6 Å². The standard InChI is InChI=1S/C39H46FN7O3/c1-20(42-38(49)39-12-11-27(39)28(40)17-39)30-10-8-24-14-31(46(36(24)43-30)18-21-3-4-21)34-35(22-5-6-22)47-32(44-34)15-25(16-33(47)50-2)37(48)45-19-29(41)23-7-9-26(45)13-23/h8,10,14-16,20-23,26-29H,3-7,9,11-13,17-19,41H2,1-2H3,(H,42,49)/t20-,23+,26-,27?,28?,29+,39?/m1/s1. The summed E-state index contributed by atoms with van der Waals surface area (Å²) in [6.07, 6.45) is 8.67. The first kappa shape index (κ1) is 30.8. The van der Waals surface area contributed by atoms with Crippen molar-refractivity contribution in [1.29, 1.82) is 0 Å². The highest BCUT2D eigenvalue weighted by Crippen LogP contribution is 2.62. The molecule has 262 valence electrons. The molecule has 7 atom stereocenters. The minimum absolute atomic E-state index is 0.000779. The van der Waals surface area contributed by atoms with Gasteiger partial charge >= 0.3 is 0 Å². The molecule has 3 N–H and O–H groups in total. The highest BCUT2D eigenvalue weighted by atomic mass is 19.1. The summed E-state index contributed by atoms with van der Waals surface area (Å²) >= 11 is 0. The lowest BCUT2D eigenvalue weighted by atomic mass is 9.46. The Hall–Kier alpha value is -3.99. The van der Waals surface area contributed by atoms with E-state index in [2.05, 4.69) is 26.4 Å². The van der Waals surface area contributed by atoms with E-state index in [9.17, 15) is 14.0 Å². The monoisotopic (exact) mass is 679 g/mol. The number of hydrogen-bond acceptors (Lipinski definition) is 6. The highest BCUT2D eigenvalue weighted by Gasteiger charge is 2.64. The first-order valence-corrected chi connectivity index (χ1v) is 18.8. The number of likely N-dealkylation sites (tertiary alicyclic amines) is 1. The Morgan fingerprint density at radius 1 is 1.10 bits per heavy atom. The number of amides is 2. The average Bonchev–Trinajstić information content (AvgIpc) is 4.01. The summed E-state index contributed by atoms with van der Waals surface area (Å²) in [4.78, 5) is 39.8. The molecule has 6 fully saturated rings. The summed E-state index contributed by atoms with van der Waals surface area (Å²) in [5.74, 6) is 1.90. The smallest absolute Gasteiger partial charge is 0.254 e. The number of carbonyl (C=O) groups is 2. The lowest BCUT2D eigenvalue weighted by Gasteiger charge is -2.58. The Kier molecular flexibility index (Phi) is 6.78. The van der Waals surface area contributed by atoms with Gasteiger partial charge in [0.2, 0.25) is 5.91 Å². The molecule has 0 spiro atoms. The van der Waals surface area contributed by atoms with Crippen molar-refractivity contribution in [3.8, 4) is 17.3 Å². The Labute approximate surface area is 290 Å². The molecule has 1 saturated heterocycles. The molecule has 3 unspecified atom stereocenters. The summed E-state index contributed by atoms with van der Waals surface area (Å²) in [5.41, 5.74) is 12.0. The van der Waals surface area contributed by atoms with Gasteiger partial charge in [-0.3, -0.25) is 14.0 Å². The first-order valence-electron chi connectivity index (χ1n) is 18.8. The van der Waals surface area contributed by atoms with E-state index in [-0.39, 0.29) is 35.9 Å². The van der Waals surface area contributed by atoms with E-state index in [1.165, 1.54) is 12.8 Å². The number of halogens is 1. The largest absolute Gasteiger partial charge is 0.482 e. The maximum atomic E-state index is 14.1. The number of ether oxygens (including phenoxy) is 1. The van der Waals surface area contributed by atoms with Gasteiger partial charge in [-0.05, 0) is 107 Å². The van der Waals surface area contributed by atoms with Crippen LogP contribution < -0.4 is 15.8 Å². The third kappa shape index (κ3) is 4.60. The Morgan fingerprint density at radius 2 is 1.94 bits per heavy atom. The molecule has 2 bridgehead atoms. The number of pyridine rings is 2. The summed E-state index contributed by atoms with van der Waals surface area (Å²) in [6.45, 7) is 3.40. The van der Waals surface area contributed by atoms with Crippen LogP contribution in [0, 0.1) is 23.2 Å². The molecular formula is C39H46FN7O3. The maximum absolute atomic E-state index is 14.1. The third-order valence-corrected chi connectivity index (χ3v) is 13.3. The second kappa shape index (κ2) is 11.0. The lowest BCUT2D eigenvalue weighted by molar-refractivity contribution is -0.176. The molecule has 0 aromatic carbocycles. The van der Waals surface area contributed by atoms with E-state index >= 15 is 0 Å². The molecule has 10 rings (SSSR count). The normalized spacial score (nSPS) is 30.6. The topological polar surface area (TPSA) is 120 Å². The molecule has 50 heavy (non-hydrogen) atoms. The van der Waals surface area contributed by atoms with Crippen LogP contribution in [0.4, 0.5) is 4.39 Å². The van der Waals surface area contributed by atoms with Crippen molar-refractivity contribution in [3.63, 3.8) is 0 Å². The van der Waals surface area contributed by atoms with Crippen LogP contribution in [0.25, 0.3) is 28.1 Å². The quantitative estimate of drug-likeness (QED) is 0.227. The number of rotatable bonds is 9. The molecule has 5 heterocycles. The zero-order chi connectivity index (χ0) is 34.1.